The van der Waals surface area contributed by atoms with E-state index in [1.807, 2.05) is 6.92 Å². The molecule has 0 aromatic heterocycles. The zero-order chi connectivity index (χ0) is 23.0. The molecule has 0 aliphatic carbocycles. The number of carbonyl (C=O) groups is 1. The van der Waals surface area contributed by atoms with Crippen molar-refractivity contribution in [2.45, 2.75) is 18.7 Å². The number of hydrogen-bond donors (Lipinski definition) is 1. The molecule has 2 aromatic rings. The number of aryl methyl sites for hydroxylation is 1. The molecule has 0 saturated carbocycles. The van der Waals surface area contributed by atoms with Crippen molar-refractivity contribution >= 4 is 22.1 Å². The number of nitrogens with one attached hydrogen (secondary N) is 1. The third kappa shape index (κ3) is 6.19. The van der Waals surface area contributed by atoms with E-state index < -0.39 is 22.5 Å². The molecule has 1 amide bonds. The standard InChI is InChI=1S/C21H27N3O6S/c1-6-30-17-10-8-16(12-19(17)29-5)13-22-23-21(25)14-24(3)31(26,27)20-11-15(2)7-9-18(20)28-4/h7-13H,6,14H2,1-5H3,(H,23,25)/b22-13-. The molecule has 0 unspecified atom stereocenters. The fourth-order valence-electron chi connectivity index (χ4n) is 2.69. The van der Waals surface area contributed by atoms with Crippen molar-refractivity contribution in [2.75, 3.05) is 34.4 Å². The van der Waals surface area contributed by atoms with Gasteiger partial charge in [-0.25, -0.2) is 13.8 Å². The first-order valence-corrected chi connectivity index (χ1v) is 10.9. The SMILES string of the molecule is CCOc1ccc(/C=N\NC(=O)CN(C)S(=O)(=O)c2cc(C)ccc2OC)cc1OC. The summed E-state index contributed by atoms with van der Waals surface area (Å²) < 4.78 is 42.5. The molecule has 0 heterocycles. The van der Waals surface area contributed by atoms with Gasteiger partial charge in [-0.15, -0.1) is 0 Å². The molecule has 10 heteroatoms. The summed E-state index contributed by atoms with van der Waals surface area (Å²) >= 11 is 0. The van der Waals surface area contributed by atoms with Crippen LogP contribution in [0.5, 0.6) is 17.2 Å². The number of nitrogens with zero attached hydrogens (tertiary/aromatic N) is 2. The summed E-state index contributed by atoms with van der Waals surface area (Å²) in [6.07, 6.45) is 1.42. The van der Waals surface area contributed by atoms with Crippen molar-refractivity contribution < 1.29 is 27.4 Å². The number of carbonyl (C=O) groups excluding carboxylic acids is 1. The van der Waals surface area contributed by atoms with Crippen LogP contribution >= 0.6 is 0 Å². The second-order valence-corrected chi connectivity index (χ2v) is 8.57. The van der Waals surface area contributed by atoms with Crippen molar-refractivity contribution in [3.8, 4) is 17.2 Å². The number of methoxy groups -OCH3 is 2. The minimum Gasteiger partial charge on any atom is -0.495 e. The van der Waals surface area contributed by atoms with Crippen LogP contribution in [0.3, 0.4) is 0 Å². The molecule has 0 aliphatic heterocycles. The summed E-state index contributed by atoms with van der Waals surface area (Å²) in [7, 11) is 0.304. The maximum absolute atomic E-state index is 12.9. The minimum absolute atomic E-state index is 0.00437. The molecule has 0 atom stereocenters. The normalized spacial score (nSPS) is 11.5. The molecule has 2 rings (SSSR count). The maximum atomic E-state index is 12.9. The van der Waals surface area contributed by atoms with E-state index in [0.29, 0.717) is 23.7 Å². The first kappa shape index (κ1) is 24.2. The lowest BCUT2D eigenvalue weighted by atomic mass is 10.2. The number of rotatable bonds is 10. The van der Waals surface area contributed by atoms with Crippen LogP contribution in [0.4, 0.5) is 0 Å². The number of likely N-dealkylation sites (N-methyl/N-ethyl adjacent to an activating group) is 1. The third-order valence-electron chi connectivity index (χ3n) is 4.26. The predicted octanol–water partition coefficient (Wildman–Crippen LogP) is 2.18. The number of amides is 1. The van der Waals surface area contributed by atoms with Gasteiger partial charge in [0, 0.05) is 7.05 Å². The first-order chi connectivity index (χ1) is 14.7. The molecule has 0 fully saturated rings. The Hall–Kier alpha value is -3.11. The summed E-state index contributed by atoms with van der Waals surface area (Å²) in [4.78, 5) is 12.2. The van der Waals surface area contributed by atoms with Crippen LogP contribution in [-0.4, -0.2) is 59.3 Å². The molecule has 0 saturated heterocycles. The van der Waals surface area contributed by atoms with Gasteiger partial charge in [0.15, 0.2) is 11.5 Å². The highest BCUT2D eigenvalue weighted by Gasteiger charge is 2.26. The molecular weight excluding hydrogens is 422 g/mol. The van der Waals surface area contributed by atoms with Gasteiger partial charge in [-0.05, 0) is 55.3 Å². The van der Waals surface area contributed by atoms with Crippen LogP contribution in [0.2, 0.25) is 0 Å². The molecule has 0 radical (unpaired) electrons. The van der Waals surface area contributed by atoms with Crippen molar-refractivity contribution in [3.05, 3.63) is 47.5 Å². The van der Waals surface area contributed by atoms with Gasteiger partial charge >= 0.3 is 0 Å². The van der Waals surface area contributed by atoms with E-state index in [2.05, 4.69) is 10.5 Å². The van der Waals surface area contributed by atoms with Gasteiger partial charge in [0.05, 0.1) is 33.6 Å². The lowest BCUT2D eigenvalue weighted by Crippen LogP contribution is -2.36. The van der Waals surface area contributed by atoms with E-state index in [1.165, 1.54) is 33.5 Å². The van der Waals surface area contributed by atoms with Crippen molar-refractivity contribution in [2.24, 2.45) is 5.10 Å². The van der Waals surface area contributed by atoms with Gasteiger partial charge in [0.2, 0.25) is 10.0 Å². The fraction of sp³-hybridized carbons (Fsp3) is 0.333. The highest BCUT2D eigenvalue weighted by molar-refractivity contribution is 7.89. The Bertz CT molecular complexity index is 1050. The second kappa shape index (κ2) is 10.8. The number of ether oxygens (including phenoxy) is 3. The Morgan fingerprint density at radius 3 is 2.42 bits per heavy atom. The molecule has 2 aromatic carbocycles. The van der Waals surface area contributed by atoms with Crippen molar-refractivity contribution in [1.82, 2.24) is 9.73 Å². The summed E-state index contributed by atoms with van der Waals surface area (Å²) in [5.41, 5.74) is 3.75. The molecular formula is C21H27N3O6S. The maximum Gasteiger partial charge on any atom is 0.255 e. The molecule has 9 nitrogen and oxygen atoms in total. The molecule has 0 aliphatic rings. The van der Waals surface area contributed by atoms with E-state index in [4.69, 9.17) is 14.2 Å². The summed E-state index contributed by atoms with van der Waals surface area (Å²) in [5, 5.41) is 3.88. The van der Waals surface area contributed by atoms with Crippen molar-refractivity contribution in [1.29, 1.82) is 0 Å². The van der Waals surface area contributed by atoms with Gasteiger partial charge in [-0.3, -0.25) is 4.79 Å². The Morgan fingerprint density at radius 2 is 1.77 bits per heavy atom. The van der Waals surface area contributed by atoms with E-state index >= 15 is 0 Å². The van der Waals surface area contributed by atoms with Crippen LogP contribution in [-0.2, 0) is 14.8 Å². The topological polar surface area (TPSA) is 107 Å². The summed E-state index contributed by atoms with van der Waals surface area (Å²) in [6, 6.07) is 10.0. The quantitative estimate of drug-likeness (QED) is 0.440. The largest absolute Gasteiger partial charge is 0.495 e. The number of sulfonamides is 1. The predicted molar refractivity (Wildman–Crippen MR) is 117 cm³/mol. The van der Waals surface area contributed by atoms with Crippen LogP contribution in [0.25, 0.3) is 0 Å². The highest BCUT2D eigenvalue weighted by atomic mass is 32.2. The lowest BCUT2D eigenvalue weighted by molar-refractivity contribution is -0.121. The van der Waals surface area contributed by atoms with E-state index in [9.17, 15) is 13.2 Å². The number of benzene rings is 2. The zero-order valence-corrected chi connectivity index (χ0v) is 19.0. The van der Waals surface area contributed by atoms with Crippen molar-refractivity contribution in [3.63, 3.8) is 0 Å². The lowest BCUT2D eigenvalue weighted by Gasteiger charge is -2.18. The Balaban J connectivity index is 2.05. The molecule has 1 N–H and O–H groups in total. The van der Waals surface area contributed by atoms with Gasteiger partial charge in [0.1, 0.15) is 10.6 Å². The fourth-order valence-corrected chi connectivity index (χ4v) is 4.06. The summed E-state index contributed by atoms with van der Waals surface area (Å²) in [6.45, 7) is 3.74. The average Bonchev–Trinajstić information content (AvgIpc) is 2.74. The zero-order valence-electron chi connectivity index (χ0n) is 18.2. The van der Waals surface area contributed by atoms with Gasteiger partial charge in [0.25, 0.3) is 5.91 Å². The average molecular weight is 450 g/mol. The second-order valence-electron chi connectivity index (χ2n) is 6.55. The highest BCUT2D eigenvalue weighted by Crippen LogP contribution is 2.28. The van der Waals surface area contributed by atoms with Gasteiger partial charge < -0.3 is 14.2 Å². The smallest absolute Gasteiger partial charge is 0.255 e. The minimum atomic E-state index is -3.93. The van der Waals surface area contributed by atoms with Gasteiger partial charge in [-0.1, -0.05) is 6.07 Å². The third-order valence-corrected chi connectivity index (χ3v) is 6.09. The molecule has 168 valence electrons. The van der Waals surface area contributed by atoms with Crippen LogP contribution in [0, 0.1) is 6.92 Å². The first-order valence-electron chi connectivity index (χ1n) is 9.46. The van der Waals surface area contributed by atoms with Crippen LogP contribution in [0.15, 0.2) is 46.4 Å². The number of hydrazone groups is 1. The molecule has 0 bridgehead atoms. The van der Waals surface area contributed by atoms with E-state index in [1.54, 1.807) is 37.3 Å². The Morgan fingerprint density at radius 1 is 1.10 bits per heavy atom. The number of hydrogen-bond acceptors (Lipinski definition) is 7. The van der Waals surface area contributed by atoms with E-state index in [0.717, 1.165) is 9.87 Å². The summed E-state index contributed by atoms with van der Waals surface area (Å²) in [5.74, 6) is 0.756. The van der Waals surface area contributed by atoms with Crippen LogP contribution < -0.4 is 19.6 Å². The Labute approximate surface area is 182 Å². The molecule has 31 heavy (non-hydrogen) atoms. The monoisotopic (exact) mass is 449 g/mol. The van der Waals surface area contributed by atoms with E-state index in [-0.39, 0.29) is 10.6 Å². The Kier molecular flexibility index (Phi) is 8.40. The molecule has 0 spiro atoms. The van der Waals surface area contributed by atoms with Gasteiger partial charge in [-0.2, -0.15) is 9.41 Å². The van der Waals surface area contributed by atoms with Crippen LogP contribution in [0.1, 0.15) is 18.1 Å².